The van der Waals surface area contributed by atoms with Crippen LogP contribution in [-0.2, 0) is 4.74 Å². The van der Waals surface area contributed by atoms with Crippen molar-refractivity contribution in [2.45, 2.75) is 46.0 Å². The van der Waals surface area contributed by atoms with Crippen LogP contribution in [0.15, 0.2) is 0 Å². The van der Waals surface area contributed by atoms with E-state index in [2.05, 4.69) is 24.6 Å². The van der Waals surface area contributed by atoms with E-state index in [1.54, 1.807) is 0 Å². The van der Waals surface area contributed by atoms with E-state index in [1.807, 2.05) is 0 Å². The highest BCUT2D eigenvalue weighted by Gasteiger charge is 1.98. The molecule has 0 aliphatic rings. The smallest absolute Gasteiger partial charge is 0.407 e. The van der Waals surface area contributed by atoms with E-state index in [9.17, 15) is 4.79 Å². The molecule has 6 nitrogen and oxygen atoms in total. The van der Waals surface area contributed by atoms with Crippen molar-refractivity contribution in [3.8, 4) is 0 Å². The lowest BCUT2D eigenvalue weighted by Gasteiger charge is -2.05. The molecule has 0 atom stereocenters. The Kier molecular flexibility index (Phi) is 20.0. The van der Waals surface area contributed by atoms with Gasteiger partial charge in [0.15, 0.2) is 0 Å². The van der Waals surface area contributed by atoms with Crippen molar-refractivity contribution in [1.82, 2.24) is 10.7 Å². The third-order valence-corrected chi connectivity index (χ3v) is 1.87. The van der Waals surface area contributed by atoms with E-state index in [1.165, 1.54) is 6.42 Å². The Labute approximate surface area is 111 Å². The number of rotatable bonds is 9. The summed E-state index contributed by atoms with van der Waals surface area (Å²) in [6, 6.07) is 0. The molecular weight excluding hydrogens is 232 g/mol. The van der Waals surface area contributed by atoms with Crippen LogP contribution in [0.4, 0.5) is 4.79 Å². The molecule has 0 aliphatic carbocycles. The van der Waals surface area contributed by atoms with Crippen molar-refractivity contribution in [1.29, 1.82) is 0 Å². The third-order valence-electron chi connectivity index (χ3n) is 1.87. The summed E-state index contributed by atoms with van der Waals surface area (Å²) >= 11 is 0. The fourth-order valence-electron chi connectivity index (χ4n) is 1.10. The summed E-state index contributed by atoms with van der Waals surface area (Å²) in [5.41, 5.74) is 7.78. The number of hydrazine groups is 1. The summed E-state index contributed by atoms with van der Waals surface area (Å²) in [6.07, 6.45) is 5.09. The van der Waals surface area contributed by atoms with E-state index in [0.717, 1.165) is 32.2 Å². The molecule has 18 heavy (non-hydrogen) atoms. The Hall–Kier alpha value is -0.850. The zero-order valence-corrected chi connectivity index (χ0v) is 11.8. The van der Waals surface area contributed by atoms with Crippen molar-refractivity contribution in [2.24, 2.45) is 11.6 Å². The average Bonchev–Trinajstić information content (AvgIpc) is 2.36. The zero-order chi connectivity index (χ0) is 14.1. The molecule has 6 N–H and O–H groups in total. The van der Waals surface area contributed by atoms with E-state index in [0.29, 0.717) is 13.1 Å². The molecule has 0 aromatic heterocycles. The first kappa shape index (κ1) is 19.5. The molecule has 0 fully saturated rings. The molecule has 0 unspecified atom stereocenters. The summed E-state index contributed by atoms with van der Waals surface area (Å²) in [5.74, 6) is 5.12. The van der Waals surface area contributed by atoms with Crippen LogP contribution in [0, 0.1) is 0 Å². The van der Waals surface area contributed by atoms with E-state index in [-0.39, 0.29) is 12.7 Å². The average molecular weight is 262 g/mol. The second-order valence-corrected chi connectivity index (χ2v) is 3.93. The van der Waals surface area contributed by atoms with E-state index < -0.39 is 0 Å². The van der Waals surface area contributed by atoms with Gasteiger partial charge in [-0.15, -0.1) is 0 Å². The first-order valence-electron chi connectivity index (χ1n) is 6.77. The molecule has 0 rings (SSSR count). The van der Waals surface area contributed by atoms with Crippen molar-refractivity contribution in [3.63, 3.8) is 0 Å². The molecule has 1 amide bonds. The number of hydrogen-bond donors (Lipinski definition) is 4. The van der Waals surface area contributed by atoms with Gasteiger partial charge in [-0.1, -0.05) is 33.1 Å². The molecule has 0 heterocycles. The molecule has 6 heteroatoms. The Morgan fingerprint density at radius 2 is 1.67 bits per heavy atom. The molecular formula is C12H30N4O2. The van der Waals surface area contributed by atoms with Gasteiger partial charge in [0.1, 0.15) is 6.61 Å². The van der Waals surface area contributed by atoms with Crippen LogP contribution in [0.3, 0.4) is 0 Å². The number of nitrogens with two attached hydrogens (primary N) is 2. The maximum Gasteiger partial charge on any atom is 0.407 e. The first-order valence-corrected chi connectivity index (χ1v) is 6.77. The van der Waals surface area contributed by atoms with Gasteiger partial charge in [-0.2, -0.15) is 0 Å². The summed E-state index contributed by atoms with van der Waals surface area (Å²) < 4.78 is 4.73. The summed E-state index contributed by atoms with van der Waals surface area (Å²) in [7, 11) is 0. The molecule has 110 valence electrons. The standard InChI is InChI=1S/C9H22N4O2.C3H8/c10-5-8-15-9(14)12-6-3-1-2-4-7-13-11;1-3-2/h13H,1-8,10-11H2,(H,12,14);3H2,1-2H3. The lowest BCUT2D eigenvalue weighted by molar-refractivity contribution is 0.149. The number of alkyl carbamates (subject to hydrolysis) is 1. The number of carbonyl (C=O) groups excluding carboxylic acids is 1. The fraction of sp³-hybridized carbons (Fsp3) is 0.917. The van der Waals surface area contributed by atoms with Crippen LogP contribution in [0.5, 0.6) is 0 Å². The Balaban J connectivity index is 0. The fourth-order valence-corrected chi connectivity index (χ4v) is 1.10. The monoisotopic (exact) mass is 262 g/mol. The highest BCUT2D eigenvalue weighted by Crippen LogP contribution is 1.97. The van der Waals surface area contributed by atoms with Gasteiger partial charge < -0.3 is 15.8 Å². The predicted octanol–water partition coefficient (Wildman–Crippen LogP) is 1.11. The van der Waals surface area contributed by atoms with E-state index >= 15 is 0 Å². The maximum absolute atomic E-state index is 10.9. The van der Waals surface area contributed by atoms with Crippen LogP contribution in [0.25, 0.3) is 0 Å². The van der Waals surface area contributed by atoms with E-state index in [4.69, 9.17) is 16.3 Å². The molecule has 0 saturated heterocycles. The molecule has 0 radical (unpaired) electrons. The zero-order valence-electron chi connectivity index (χ0n) is 11.8. The topological polar surface area (TPSA) is 102 Å². The van der Waals surface area contributed by atoms with Crippen molar-refractivity contribution < 1.29 is 9.53 Å². The second kappa shape index (κ2) is 18.5. The number of carbonyl (C=O) groups is 1. The minimum Gasteiger partial charge on any atom is -0.448 e. The minimum absolute atomic E-state index is 0.272. The molecule has 0 aliphatic heterocycles. The van der Waals surface area contributed by atoms with Gasteiger partial charge in [-0.25, -0.2) is 4.79 Å². The van der Waals surface area contributed by atoms with Gasteiger partial charge in [-0.3, -0.25) is 11.3 Å². The predicted molar refractivity (Wildman–Crippen MR) is 75.0 cm³/mol. The van der Waals surface area contributed by atoms with Crippen molar-refractivity contribution in [3.05, 3.63) is 0 Å². The van der Waals surface area contributed by atoms with Crippen LogP contribution in [0.2, 0.25) is 0 Å². The van der Waals surface area contributed by atoms with Crippen LogP contribution < -0.4 is 22.3 Å². The number of unbranched alkanes of at least 4 members (excludes halogenated alkanes) is 3. The first-order chi connectivity index (χ1) is 8.72. The SMILES string of the molecule is CCC.NCCOC(=O)NCCCCCCNN. The number of amides is 1. The lowest BCUT2D eigenvalue weighted by atomic mass is 10.2. The van der Waals surface area contributed by atoms with Gasteiger partial charge in [-0.05, 0) is 12.8 Å². The lowest BCUT2D eigenvalue weighted by Crippen LogP contribution is -2.27. The second-order valence-electron chi connectivity index (χ2n) is 3.93. The Morgan fingerprint density at radius 1 is 1.11 bits per heavy atom. The summed E-state index contributed by atoms with van der Waals surface area (Å²) in [6.45, 7) is 6.37. The normalized spacial score (nSPS) is 9.33. The number of hydrogen-bond acceptors (Lipinski definition) is 5. The summed E-state index contributed by atoms with van der Waals surface area (Å²) in [5, 5.41) is 2.65. The summed E-state index contributed by atoms with van der Waals surface area (Å²) in [4.78, 5) is 10.9. The van der Waals surface area contributed by atoms with Crippen LogP contribution in [-0.4, -0.2) is 32.3 Å². The third kappa shape index (κ3) is 20.5. The molecule has 0 bridgehead atoms. The van der Waals surface area contributed by atoms with Crippen molar-refractivity contribution >= 4 is 6.09 Å². The molecule has 0 spiro atoms. The van der Waals surface area contributed by atoms with Crippen LogP contribution in [0.1, 0.15) is 46.0 Å². The molecule has 0 saturated carbocycles. The number of ether oxygens (including phenoxy) is 1. The maximum atomic E-state index is 10.9. The van der Waals surface area contributed by atoms with Gasteiger partial charge >= 0.3 is 6.09 Å². The highest BCUT2D eigenvalue weighted by molar-refractivity contribution is 5.66. The van der Waals surface area contributed by atoms with Gasteiger partial charge in [0.05, 0.1) is 0 Å². The van der Waals surface area contributed by atoms with Gasteiger partial charge in [0.25, 0.3) is 0 Å². The Bertz CT molecular complexity index is 168. The molecule has 0 aromatic rings. The minimum atomic E-state index is -0.385. The van der Waals surface area contributed by atoms with Gasteiger partial charge in [0, 0.05) is 19.6 Å². The number of nitrogens with one attached hydrogen (secondary N) is 2. The quantitative estimate of drug-likeness (QED) is 0.283. The van der Waals surface area contributed by atoms with Crippen LogP contribution >= 0.6 is 0 Å². The largest absolute Gasteiger partial charge is 0.448 e. The van der Waals surface area contributed by atoms with Gasteiger partial charge in [0.2, 0.25) is 0 Å². The highest BCUT2D eigenvalue weighted by atomic mass is 16.5. The van der Waals surface area contributed by atoms with Crippen molar-refractivity contribution in [2.75, 3.05) is 26.2 Å². The Morgan fingerprint density at radius 3 is 2.17 bits per heavy atom. The molecule has 0 aromatic carbocycles.